The Hall–Kier alpha value is -2.47. The van der Waals surface area contributed by atoms with Crippen LogP contribution in [0.25, 0.3) is 10.9 Å². The van der Waals surface area contributed by atoms with Crippen LogP contribution in [0.3, 0.4) is 0 Å². The monoisotopic (exact) mass is 352 g/mol. The molecule has 0 saturated carbocycles. The van der Waals surface area contributed by atoms with Crippen LogP contribution in [0.4, 0.5) is 19.0 Å². The minimum Gasteiger partial charge on any atom is -0.406 e. The molecule has 0 atom stereocenters. The standard InChI is InChI=1S/C17H12ClF3N2O/c18-14-3-1-2-12-6-9-15(23-16(12)14)22-10-11-4-7-13(8-5-11)24-17(19,20)21/h1-9H,10H2,(H,22,23). The largest absolute Gasteiger partial charge is 0.573 e. The first-order valence-corrected chi connectivity index (χ1v) is 7.42. The van der Waals surface area contributed by atoms with Crippen molar-refractivity contribution < 1.29 is 17.9 Å². The SMILES string of the molecule is FC(F)(F)Oc1ccc(CNc2ccc3cccc(Cl)c3n2)cc1. The van der Waals surface area contributed by atoms with Gasteiger partial charge in [-0.15, -0.1) is 13.2 Å². The molecule has 3 nitrogen and oxygen atoms in total. The van der Waals surface area contributed by atoms with E-state index in [1.165, 1.54) is 12.1 Å². The van der Waals surface area contributed by atoms with Gasteiger partial charge in [-0.05, 0) is 35.9 Å². The molecule has 0 amide bonds. The zero-order valence-corrected chi connectivity index (χ0v) is 13.0. The van der Waals surface area contributed by atoms with Gasteiger partial charge in [0.15, 0.2) is 0 Å². The number of hydrogen-bond donors (Lipinski definition) is 1. The molecule has 0 spiro atoms. The maximum absolute atomic E-state index is 12.1. The van der Waals surface area contributed by atoms with Gasteiger partial charge in [0.25, 0.3) is 0 Å². The Balaban J connectivity index is 1.68. The van der Waals surface area contributed by atoms with Crippen molar-refractivity contribution in [2.24, 2.45) is 0 Å². The van der Waals surface area contributed by atoms with Gasteiger partial charge in [-0.3, -0.25) is 0 Å². The first kappa shape index (κ1) is 16.4. The van der Waals surface area contributed by atoms with Crippen LogP contribution in [0, 0.1) is 0 Å². The lowest BCUT2D eigenvalue weighted by molar-refractivity contribution is -0.274. The Kier molecular flexibility index (Phi) is 4.49. The molecule has 3 aromatic rings. The molecule has 0 aliphatic carbocycles. The van der Waals surface area contributed by atoms with Crippen molar-refractivity contribution in [1.29, 1.82) is 0 Å². The number of pyridine rings is 1. The van der Waals surface area contributed by atoms with E-state index in [-0.39, 0.29) is 5.75 Å². The minimum absolute atomic E-state index is 0.248. The molecular formula is C17H12ClF3N2O. The smallest absolute Gasteiger partial charge is 0.406 e. The predicted molar refractivity (Wildman–Crippen MR) is 87.2 cm³/mol. The number of fused-ring (bicyclic) bond motifs is 1. The fraction of sp³-hybridized carbons (Fsp3) is 0.118. The number of aromatic nitrogens is 1. The number of anilines is 1. The fourth-order valence-corrected chi connectivity index (χ4v) is 2.44. The summed E-state index contributed by atoms with van der Waals surface area (Å²) in [5, 5.41) is 4.61. The molecule has 0 aliphatic heterocycles. The zero-order chi connectivity index (χ0) is 17.2. The van der Waals surface area contributed by atoms with Gasteiger partial charge in [-0.2, -0.15) is 0 Å². The molecule has 1 N–H and O–H groups in total. The second-order valence-electron chi connectivity index (χ2n) is 5.05. The van der Waals surface area contributed by atoms with E-state index >= 15 is 0 Å². The lowest BCUT2D eigenvalue weighted by Crippen LogP contribution is -2.17. The molecule has 7 heteroatoms. The Morgan fingerprint density at radius 3 is 2.46 bits per heavy atom. The fourth-order valence-electron chi connectivity index (χ4n) is 2.21. The molecule has 124 valence electrons. The number of rotatable bonds is 4. The minimum atomic E-state index is -4.69. The van der Waals surface area contributed by atoms with E-state index in [0.717, 1.165) is 10.9 Å². The summed E-state index contributed by atoms with van der Waals surface area (Å²) >= 11 is 6.12. The lowest BCUT2D eigenvalue weighted by Gasteiger charge is -2.10. The molecule has 0 unspecified atom stereocenters. The number of nitrogens with one attached hydrogen (secondary N) is 1. The quantitative estimate of drug-likeness (QED) is 0.682. The maximum Gasteiger partial charge on any atom is 0.573 e. The van der Waals surface area contributed by atoms with Crippen molar-refractivity contribution in [3.8, 4) is 5.75 Å². The summed E-state index contributed by atoms with van der Waals surface area (Å²) in [6, 6.07) is 14.9. The van der Waals surface area contributed by atoms with Gasteiger partial charge in [0.1, 0.15) is 11.6 Å². The Morgan fingerprint density at radius 2 is 1.75 bits per heavy atom. The van der Waals surface area contributed by atoms with Crippen molar-refractivity contribution in [1.82, 2.24) is 4.98 Å². The maximum atomic E-state index is 12.1. The molecule has 24 heavy (non-hydrogen) atoms. The Bertz CT molecular complexity index is 851. The number of para-hydroxylation sites is 1. The third kappa shape index (κ3) is 4.08. The third-order valence-electron chi connectivity index (χ3n) is 3.30. The Morgan fingerprint density at radius 1 is 1.00 bits per heavy atom. The van der Waals surface area contributed by atoms with Crippen LogP contribution in [0.1, 0.15) is 5.56 Å². The molecule has 1 aromatic heterocycles. The van der Waals surface area contributed by atoms with Gasteiger partial charge < -0.3 is 10.1 Å². The van der Waals surface area contributed by atoms with Crippen LogP contribution < -0.4 is 10.1 Å². The van der Waals surface area contributed by atoms with E-state index < -0.39 is 6.36 Å². The number of halogens is 4. The molecule has 0 radical (unpaired) electrons. The van der Waals surface area contributed by atoms with Crippen LogP contribution >= 0.6 is 11.6 Å². The summed E-state index contributed by atoms with van der Waals surface area (Å²) in [5.41, 5.74) is 1.49. The summed E-state index contributed by atoms with van der Waals surface area (Å²) in [6.45, 7) is 0.412. The molecule has 0 aliphatic rings. The van der Waals surface area contributed by atoms with E-state index in [9.17, 15) is 13.2 Å². The normalized spacial score (nSPS) is 11.5. The highest BCUT2D eigenvalue weighted by molar-refractivity contribution is 6.35. The van der Waals surface area contributed by atoms with Crippen molar-refractivity contribution in [3.05, 3.63) is 65.2 Å². The third-order valence-corrected chi connectivity index (χ3v) is 3.61. The first-order chi connectivity index (χ1) is 11.4. The highest BCUT2D eigenvalue weighted by atomic mass is 35.5. The number of nitrogens with zero attached hydrogens (tertiary/aromatic N) is 1. The molecular weight excluding hydrogens is 341 g/mol. The van der Waals surface area contributed by atoms with Crippen LogP contribution in [-0.2, 0) is 6.54 Å². The van der Waals surface area contributed by atoms with E-state index in [1.54, 1.807) is 18.2 Å². The molecule has 3 rings (SSSR count). The van der Waals surface area contributed by atoms with Crippen LogP contribution in [-0.4, -0.2) is 11.3 Å². The van der Waals surface area contributed by atoms with Gasteiger partial charge in [-0.25, -0.2) is 4.98 Å². The van der Waals surface area contributed by atoms with E-state index in [4.69, 9.17) is 11.6 Å². The van der Waals surface area contributed by atoms with Crippen LogP contribution in [0.15, 0.2) is 54.6 Å². The Labute approximate surface area is 141 Å². The second-order valence-corrected chi connectivity index (χ2v) is 5.46. The van der Waals surface area contributed by atoms with Crippen molar-refractivity contribution in [3.63, 3.8) is 0 Å². The van der Waals surface area contributed by atoms with Crippen molar-refractivity contribution in [2.75, 3.05) is 5.32 Å². The van der Waals surface area contributed by atoms with Gasteiger partial charge in [0, 0.05) is 11.9 Å². The van der Waals surface area contributed by atoms with E-state index in [2.05, 4.69) is 15.0 Å². The summed E-state index contributed by atoms with van der Waals surface area (Å²) in [5.74, 6) is 0.382. The highest BCUT2D eigenvalue weighted by Crippen LogP contribution is 2.24. The molecule has 2 aromatic carbocycles. The number of alkyl halides is 3. The van der Waals surface area contributed by atoms with Gasteiger partial charge in [0.2, 0.25) is 0 Å². The molecule has 0 bridgehead atoms. The number of hydrogen-bond acceptors (Lipinski definition) is 3. The lowest BCUT2D eigenvalue weighted by atomic mass is 10.2. The summed E-state index contributed by atoms with van der Waals surface area (Å²) in [7, 11) is 0. The van der Waals surface area contributed by atoms with Crippen LogP contribution in [0.5, 0.6) is 5.75 Å². The molecule has 0 fully saturated rings. The van der Waals surface area contributed by atoms with E-state index in [0.29, 0.717) is 22.9 Å². The first-order valence-electron chi connectivity index (χ1n) is 7.04. The summed E-state index contributed by atoms with van der Waals surface area (Å²) in [6.07, 6.45) is -4.69. The van der Waals surface area contributed by atoms with Crippen LogP contribution in [0.2, 0.25) is 5.02 Å². The van der Waals surface area contributed by atoms with Crippen molar-refractivity contribution >= 4 is 28.3 Å². The highest BCUT2D eigenvalue weighted by Gasteiger charge is 2.30. The average molecular weight is 353 g/mol. The molecule has 1 heterocycles. The average Bonchev–Trinajstić information content (AvgIpc) is 2.53. The van der Waals surface area contributed by atoms with E-state index in [1.807, 2.05) is 24.3 Å². The number of benzene rings is 2. The predicted octanol–water partition coefficient (Wildman–Crippen LogP) is 5.40. The topological polar surface area (TPSA) is 34.1 Å². The summed E-state index contributed by atoms with van der Waals surface area (Å²) in [4.78, 5) is 4.44. The van der Waals surface area contributed by atoms with Gasteiger partial charge >= 0.3 is 6.36 Å². The second kappa shape index (κ2) is 6.57. The zero-order valence-electron chi connectivity index (χ0n) is 12.3. The van der Waals surface area contributed by atoms with Gasteiger partial charge in [-0.1, -0.05) is 35.9 Å². The van der Waals surface area contributed by atoms with Gasteiger partial charge in [0.05, 0.1) is 10.5 Å². The summed E-state index contributed by atoms with van der Waals surface area (Å²) < 4.78 is 40.2. The molecule has 0 saturated heterocycles. The number of ether oxygens (including phenoxy) is 1. The van der Waals surface area contributed by atoms with Crippen molar-refractivity contribution in [2.45, 2.75) is 12.9 Å².